The number of pyridine rings is 1. The Kier molecular flexibility index (Phi) is 5.75. The van der Waals surface area contributed by atoms with E-state index in [1.165, 1.54) is 37.7 Å². The number of hydrogen-bond donors (Lipinski definition) is 2. The number of nitrogens with one attached hydrogen (secondary N) is 2. The monoisotopic (exact) mass is 481 g/mol. The maximum atomic E-state index is 12.8. The molecule has 4 fully saturated rings. The summed E-state index contributed by atoms with van der Waals surface area (Å²) in [7, 11) is 0. The number of ether oxygens (including phenoxy) is 1. The van der Waals surface area contributed by atoms with Gasteiger partial charge in [-0.15, -0.1) is 0 Å². The molecule has 4 aliphatic rings. The second-order valence-electron chi connectivity index (χ2n) is 10.6. The number of hydrogen-bond acceptors (Lipinski definition) is 5. The minimum atomic E-state index is -0.455. The van der Waals surface area contributed by atoms with Crippen LogP contribution in [0.1, 0.15) is 65.4 Å². The van der Waals surface area contributed by atoms with E-state index in [1.54, 1.807) is 37.3 Å². The van der Waals surface area contributed by atoms with Gasteiger partial charge in [-0.05, 0) is 116 Å². The molecule has 4 saturated carbocycles. The summed E-state index contributed by atoms with van der Waals surface area (Å²) in [6, 6.07) is 20.9. The zero-order valence-corrected chi connectivity index (χ0v) is 20.5. The molecule has 7 rings (SSSR count). The Morgan fingerprint density at radius 3 is 2.31 bits per heavy atom. The Morgan fingerprint density at radius 1 is 0.917 bits per heavy atom. The van der Waals surface area contributed by atoms with E-state index in [0.29, 0.717) is 23.4 Å². The van der Waals surface area contributed by atoms with Crippen molar-refractivity contribution in [3.05, 3.63) is 83.6 Å². The summed E-state index contributed by atoms with van der Waals surface area (Å²) in [6.07, 6.45) is 6.96. The van der Waals surface area contributed by atoms with Crippen LogP contribution in [0.4, 0.5) is 17.2 Å². The number of carbonyl (C=O) groups excluding carboxylic acids is 2. The van der Waals surface area contributed by atoms with Crippen molar-refractivity contribution in [3.63, 3.8) is 0 Å². The highest BCUT2D eigenvalue weighted by Gasteiger charge is 2.58. The average Bonchev–Trinajstić information content (AvgIpc) is 3.29. The number of benzene rings is 2. The first-order chi connectivity index (χ1) is 17.5. The van der Waals surface area contributed by atoms with Crippen LogP contribution < -0.4 is 10.6 Å². The molecule has 0 spiro atoms. The predicted octanol–water partition coefficient (Wildman–Crippen LogP) is 6.33. The third-order valence-electron chi connectivity index (χ3n) is 8.36. The Morgan fingerprint density at radius 2 is 1.61 bits per heavy atom. The van der Waals surface area contributed by atoms with Gasteiger partial charge in [0.25, 0.3) is 5.91 Å². The standard InChI is InChI=1S/C30H31N3O3/c1-2-36-29(35)26-4-3-5-27(33-26)31-24-10-6-21(7-11-24)28(34)32-25-12-8-22(9-13-25)30-17-19-14-20(18-30)16-23(30)15-19/h3-13,19-20,23H,2,14-18H2,1H3,(H,31,33)(H,32,34). The van der Waals surface area contributed by atoms with Gasteiger partial charge in [-0.3, -0.25) is 4.79 Å². The van der Waals surface area contributed by atoms with E-state index in [1.807, 2.05) is 12.1 Å². The Hall–Kier alpha value is -3.67. The van der Waals surface area contributed by atoms with Crippen LogP contribution in [0, 0.1) is 17.8 Å². The average molecular weight is 482 g/mol. The van der Waals surface area contributed by atoms with E-state index in [-0.39, 0.29) is 11.6 Å². The molecule has 1 aromatic heterocycles. The molecule has 0 radical (unpaired) electrons. The van der Waals surface area contributed by atoms with Crippen LogP contribution in [0.3, 0.4) is 0 Å². The van der Waals surface area contributed by atoms with Gasteiger partial charge in [0, 0.05) is 16.9 Å². The van der Waals surface area contributed by atoms with Crippen LogP contribution in [-0.2, 0) is 10.2 Å². The van der Waals surface area contributed by atoms with Gasteiger partial charge in [0.2, 0.25) is 0 Å². The summed E-state index contributed by atoms with van der Waals surface area (Å²) in [5.41, 5.74) is 4.26. The lowest BCUT2D eigenvalue weighted by molar-refractivity contribution is 0.0519. The molecule has 6 nitrogen and oxygen atoms in total. The molecule has 1 amide bonds. The summed E-state index contributed by atoms with van der Waals surface area (Å²) in [5.74, 6) is 2.64. The lowest BCUT2D eigenvalue weighted by Crippen LogP contribution is -2.27. The van der Waals surface area contributed by atoms with Gasteiger partial charge in [-0.2, -0.15) is 0 Å². The summed E-state index contributed by atoms with van der Waals surface area (Å²) in [5, 5.41) is 6.19. The molecular formula is C30H31N3O3. The highest BCUT2D eigenvalue weighted by atomic mass is 16.5. The predicted molar refractivity (Wildman–Crippen MR) is 140 cm³/mol. The van der Waals surface area contributed by atoms with Gasteiger partial charge in [0.1, 0.15) is 5.82 Å². The minimum Gasteiger partial charge on any atom is -0.461 e. The molecule has 0 saturated heterocycles. The van der Waals surface area contributed by atoms with Gasteiger partial charge >= 0.3 is 5.97 Å². The molecule has 0 aliphatic heterocycles. The van der Waals surface area contributed by atoms with E-state index in [4.69, 9.17) is 4.74 Å². The first-order valence-electron chi connectivity index (χ1n) is 13.0. The van der Waals surface area contributed by atoms with Crippen molar-refractivity contribution < 1.29 is 14.3 Å². The van der Waals surface area contributed by atoms with Crippen molar-refractivity contribution in [1.82, 2.24) is 4.98 Å². The van der Waals surface area contributed by atoms with Crippen LogP contribution in [-0.4, -0.2) is 23.5 Å². The second-order valence-corrected chi connectivity index (χ2v) is 10.6. The van der Waals surface area contributed by atoms with E-state index in [0.717, 1.165) is 29.1 Å². The summed E-state index contributed by atoms with van der Waals surface area (Å²) in [6.45, 7) is 2.06. The highest BCUT2D eigenvalue weighted by molar-refractivity contribution is 6.04. The van der Waals surface area contributed by atoms with Crippen molar-refractivity contribution in [2.24, 2.45) is 17.8 Å². The van der Waals surface area contributed by atoms with E-state index < -0.39 is 5.97 Å². The molecule has 3 aromatic rings. The number of amides is 1. The SMILES string of the molecule is CCOC(=O)c1cccc(Nc2ccc(C(=O)Nc3ccc(C45CC6CC(CC4C6)C5)cc3)cc2)n1. The zero-order chi connectivity index (χ0) is 24.7. The molecule has 6 heteroatoms. The number of anilines is 3. The maximum Gasteiger partial charge on any atom is 0.356 e. The smallest absolute Gasteiger partial charge is 0.356 e. The largest absolute Gasteiger partial charge is 0.461 e. The van der Waals surface area contributed by atoms with Gasteiger partial charge in [0.05, 0.1) is 6.61 Å². The summed E-state index contributed by atoms with van der Waals surface area (Å²) >= 11 is 0. The molecule has 2 N–H and O–H groups in total. The molecule has 1 heterocycles. The van der Waals surface area contributed by atoms with Gasteiger partial charge in [-0.1, -0.05) is 18.2 Å². The summed E-state index contributed by atoms with van der Waals surface area (Å²) < 4.78 is 5.01. The molecular weight excluding hydrogens is 450 g/mol. The Labute approximate surface area is 211 Å². The lowest BCUT2D eigenvalue weighted by atomic mass is 9.71. The van der Waals surface area contributed by atoms with Crippen LogP contribution in [0.25, 0.3) is 0 Å². The normalized spacial score (nSPS) is 25.5. The van der Waals surface area contributed by atoms with Crippen molar-refractivity contribution in [3.8, 4) is 0 Å². The van der Waals surface area contributed by atoms with Crippen LogP contribution in [0.15, 0.2) is 66.7 Å². The number of esters is 1. The molecule has 4 bridgehead atoms. The van der Waals surface area contributed by atoms with Gasteiger partial charge in [-0.25, -0.2) is 9.78 Å². The molecule has 4 aliphatic carbocycles. The van der Waals surface area contributed by atoms with Crippen molar-refractivity contribution >= 4 is 29.1 Å². The fraction of sp³-hybridized carbons (Fsp3) is 0.367. The fourth-order valence-electron chi connectivity index (χ4n) is 7.03. The molecule has 2 unspecified atom stereocenters. The Balaban J connectivity index is 1.09. The highest BCUT2D eigenvalue weighted by Crippen LogP contribution is 2.65. The number of rotatable bonds is 7. The minimum absolute atomic E-state index is 0.143. The van der Waals surface area contributed by atoms with Crippen LogP contribution in [0.2, 0.25) is 0 Å². The molecule has 2 aromatic carbocycles. The second kappa shape index (κ2) is 9.08. The van der Waals surface area contributed by atoms with Crippen molar-refractivity contribution in [2.75, 3.05) is 17.2 Å². The topological polar surface area (TPSA) is 80.3 Å². The zero-order valence-electron chi connectivity index (χ0n) is 20.5. The summed E-state index contributed by atoms with van der Waals surface area (Å²) in [4.78, 5) is 29.0. The quantitative estimate of drug-likeness (QED) is 0.385. The first-order valence-corrected chi connectivity index (χ1v) is 13.0. The molecule has 2 atom stereocenters. The lowest BCUT2D eigenvalue weighted by Gasteiger charge is -2.33. The fourth-order valence-corrected chi connectivity index (χ4v) is 7.03. The van der Waals surface area contributed by atoms with Gasteiger partial charge in [0.15, 0.2) is 5.69 Å². The third-order valence-corrected chi connectivity index (χ3v) is 8.36. The van der Waals surface area contributed by atoms with Crippen LogP contribution in [0.5, 0.6) is 0 Å². The third kappa shape index (κ3) is 4.15. The number of nitrogens with zero attached hydrogens (tertiary/aromatic N) is 1. The number of carbonyl (C=O) groups is 2. The van der Waals surface area contributed by atoms with Crippen molar-refractivity contribution in [1.29, 1.82) is 0 Å². The van der Waals surface area contributed by atoms with E-state index in [9.17, 15) is 9.59 Å². The molecule has 36 heavy (non-hydrogen) atoms. The van der Waals surface area contributed by atoms with Gasteiger partial charge < -0.3 is 15.4 Å². The maximum absolute atomic E-state index is 12.8. The Bertz CT molecular complexity index is 1270. The number of aromatic nitrogens is 1. The first kappa shape index (κ1) is 22.8. The molecule has 184 valence electrons. The van der Waals surface area contributed by atoms with E-state index in [2.05, 4.69) is 39.9 Å². The van der Waals surface area contributed by atoms with E-state index >= 15 is 0 Å². The van der Waals surface area contributed by atoms with Crippen LogP contribution >= 0.6 is 0 Å². The van der Waals surface area contributed by atoms with Crippen molar-refractivity contribution in [2.45, 2.75) is 44.4 Å².